The maximum atomic E-state index is 12.4. The van der Waals surface area contributed by atoms with Crippen LogP contribution in [0.3, 0.4) is 0 Å². The van der Waals surface area contributed by atoms with E-state index >= 15 is 0 Å². The molecule has 6 nitrogen and oxygen atoms in total. The molecule has 0 fully saturated rings. The molecule has 26 heavy (non-hydrogen) atoms. The number of ether oxygens (including phenoxy) is 1. The SMILES string of the molecule is COC(=O)c1ccc(N=CC2=C(O)CC(c3ccccc3)CC2=O)nc1. The highest BCUT2D eigenvalue weighted by molar-refractivity contribution is 6.14. The normalized spacial score (nSPS) is 17.6. The van der Waals surface area contributed by atoms with E-state index in [2.05, 4.69) is 14.7 Å². The lowest BCUT2D eigenvalue weighted by Gasteiger charge is -2.22. The highest BCUT2D eigenvalue weighted by Gasteiger charge is 2.27. The molecule has 0 spiro atoms. The van der Waals surface area contributed by atoms with Gasteiger partial charge >= 0.3 is 5.97 Å². The van der Waals surface area contributed by atoms with Crippen molar-refractivity contribution >= 4 is 23.8 Å². The fraction of sp³-hybridized carbons (Fsp3) is 0.200. The number of allylic oxidation sites excluding steroid dienone is 2. The fourth-order valence-electron chi connectivity index (χ4n) is 2.85. The summed E-state index contributed by atoms with van der Waals surface area (Å²) in [7, 11) is 1.29. The summed E-state index contributed by atoms with van der Waals surface area (Å²) in [5.41, 5.74) is 1.55. The molecular formula is C20H18N2O4. The van der Waals surface area contributed by atoms with E-state index < -0.39 is 5.97 Å². The number of hydrogen-bond donors (Lipinski definition) is 1. The van der Waals surface area contributed by atoms with Gasteiger partial charge in [0.2, 0.25) is 0 Å². The van der Waals surface area contributed by atoms with Crippen molar-refractivity contribution in [2.45, 2.75) is 18.8 Å². The Morgan fingerprint density at radius 3 is 2.62 bits per heavy atom. The number of aliphatic hydroxyl groups is 1. The van der Waals surface area contributed by atoms with E-state index in [4.69, 9.17) is 0 Å². The van der Waals surface area contributed by atoms with Crippen molar-refractivity contribution in [1.29, 1.82) is 0 Å². The van der Waals surface area contributed by atoms with Gasteiger partial charge in [-0.1, -0.05) is 30.3 Å². The smallest absolute Gasteiger partial charge is 0.339 e. The minimum absolute atomic E-state index is 0.0293. The van der Waals surface area contributed by atoms with E-state index in [1.54, 1.807) is 6.07 Å². The van der Waals surface area contributed by atoms with Gasteiger partial charge in [-0.25, -0.2) is 14.8 Å². The number of methoxy groups -OCH3 is 1. The zero-order valence-corrected chi connectivity index (χ0v) is 14.3. The van der Waals surface area contributed by atoms with Crippen LogP contribution in [0.2, 0.25) is 0 Å². The Bertz CT molecular complexity index is 870. The first-order chi connectivity index (χ1) is 12.6. The van der Waals surface area contributed by atoms with Crippen molar-refractivity contribution in [3.05, 3.63) is 71.1 Å². The van der Waals surface area contributed by atoms with E-state index in [0.29, 0.717) is 24.2 Å². The summed E-state index contributed by atoms with van der Waals surface area (Å²) in [4.78, 5) is 31.9. The number of aliphatic hydroxyl groups excluding tert-OH is 1. The van der Waals surface area contributed by atoms with E-state index in [1.165, 1.54) is 25.6 Å². The first-order valence-electron chi connectivity index (χ1n) is 8.17. The van der Waals surface area contributed by atoms with Crippen molar-refractivity contribution in [2.75, 3.05) is 7.11 Å². The first-order valence-corrected chi connectivity index (χ1v) is 8.17. The maximum Gasteiger partial charge on any atom is 0.339 e. The molecule has 1 atom stereocenters. The highest BCUT2D eigenvalue weighted by Crippen LogP contribution is 2.33. The van der Waals surface area contributed by atoms with Gasteiger partial charge in [-0.2, -0.15) is 0 Å². The third-order valence-electron chi connectivity index (χ3n) is 4.25. The van der Waals surface area contributed by atoms with Crippen molar-refractivity contribution < 1.29 is 19.4 Å². The number of pyridine rings is 1. The number of esters is 1. The fourth-order valence-corrected chi connectivity index (χ4v) is 2.85. The standard InChI is InChI=1S/C20H18N2O4/c1-26-20(25)14-7-8-19(21-11-14)22-12-16-17(23)9-15(10-18(16)24)13-5-3-2-4-6-13/h2-8,11-12,15,23H,9-10H2,1H3. The molecule has 3 rings (SSSR count). The number of ketones is 1. The van der Waals surface area contributed by atoms with Gasteiger partial charge in [-0.05, 0) is 23.6 Å². The summed E-state index contributed by atoms with van der Waals surface area (Å²) in [5.74, 6) is -0.306. The predicted octanol–water partition coefficient (Wildman–Crippen LogP) is 3.53. The molecule has 1 aromatic carbocycles. The van der Waals surface area contributed by atoms with Crippen molar-refractivity contribution in [1.82, 2.24) is 4.98 Å². The van der Waals surface area contributed by atoms with Gasteiger partial charge in [0.15, 0.2) is 11.6 Å². The van der Waals surface area contributed by atoms with E-state index in [9.17, 15) is 14.7 Å². The summed E-state index contributed by atoms with van der Waals surface area (Å²) >= 11 is 0. The van der Waals surface area contributed by atoms with Crippen LogP contribution in [-0.4, -0.2) is 35.2 Å². The molecule has 1 aliphatic carbocycles. The number of aromatic nitrogens is 1. The van der Waals surface area contributed by atoms with Crippen LogP contribution < -0.4 is 0 Å². The Morgan fingerprint density at radius 1 is 1.23 bits per heavy atom. The van der Waals surface area contributed by atoms with Gasteiger partial charge < -0.3 is 9.84 Å². The molecule has 1 N–H and O–H groups in total. The number of rotatable bonds is 4. The van der Waals surface area contributed by atoms with Gasteiger partial charge in [0.1, 0.15) is 5.76 Å². The number of carbonyl (C=O) groups excluding carboxylic acids is 2. The largest absolute Gasteiger partial charge is 0.511 e. The van der Waals surface area contributed by atoms with Gasteiger partial charge in [-0.3, -0.25) is 4.79 Å². The molecule has 1 heterocycles. The van der Waals surface area contributed by atoms with Crippen LogP contribution in [0.4, 0.5) is 5.82 Å². The average Bonchev–Trinajstić information content (AvgIpc) is 2.67. The highest BCUT2D eigenvalue weighted by atomic mass is 16.5. The zero-order chi connectivity index (χ0) is 18.5. The lowest BCUT2D eigenvalue weighted by Crippen LogP contribution is -2.19. The molecule has 0 aliphatic heterocycles. The molecule has 0 saturated heterocycles. The third kappa shape index (κ3) is 3.85. The zero-order valence-electron chi connectivity index (χ0n) is 14.3. The monoisotopic (exact) mass is 350 g/mol. The van der Waals surface area contributed by atoms with Crippen LogP contribution in [0.5, 0.6) is 0 Å². The summed E-state index contributed by atoms with van der Waals surface area (Å²) in [6.07, 6.45) is 3.40. The summed E-state index contributed by atoms with van der Waals surface area (Å²) < 4.78 is 4.60. The number of benzene rings is 1. The molecule has 0 saturated carbocycles. The van der Waals surface area contributed by atoms with Gasteiger partial charge in [-0.15, -0.1) is 0 Å². The van der Waals surface area contributed by atoms with Crippen molar-refractivity contribution in [3.8, 4) is 0 Å². The van der Waals surface area contributed by atoms with Crippen molar-refractivity contribution in [2.24, 2.45) is 4.99 Å². The van der Waals surface area contributed by atoms with Gasteiger partial charge in [0.05, 0.1) is 18.2 Å². The van der Waals surface area contributed by atoms with E-state index in [1.807, 2.05) is 30.3 Å². The Labute approximate surface area is 150 Å². The van der Waals surface area contributed by atoms with Crippen LogP contribution in [0.1, 0.15) is 34.7 Å². The Kier molecular flexibility index (Phi) is 5.22. The Hall–Kier alpha value is -3.28. The quantitative estimate of drug-likeness (QED) is 0.673. The van der Waals surface area contributed by atoms with Crippen LogP contribution >= 0.6 is 0 Å². The molecule has 132 valence electrons. The number of carbonyl (C=O) groups is 2. The number of aliphatic imine (C=N–C) groups is 1. The van der Waals surface area contributed by atoms with Crippen LogP contribution in [0.25, 0.3) is 0 Å². The lowest BCUT2D eigenvalue weighted by atomic mass is 9.83. The second kappa shape index (κ2) is 7.74. The number of nitrogens with zero attached hydrogens (tertiary/aromatic N) is 2. The molecule has 1 unspecified atom stereocenters. The molecule has 0 bridgehead atoms. The summed E-state index contributed by atoms with van der Waals surface area (Å²) in [6.45, 7) is 0. The minimum Gasteiger partial charge on any atom is -0.511 e. The average molecular weight is 350 g/mol. The Balaban J connectivity index is 1.75. The Morgan fingerprint density at radius 2 is 2.00 bits per heavy atom. The molecular weight excluding hydrogens is 332 g/mol. The summed E-state index contributed by atoms with van der Waals surface area (Å²) in [5, 5.41) is 10.3. The topological polar surface area (TPSA) is 88.9 Å². The molecule has 6 heteroatoms. The van der Waals surface area contributed by atoms with Crippen LogP contribution in [0.15, 0.2) is 65.0 Å². The molecule has 0 amide bonds. The molecule has 2 aromatic rings. The van der Waals surface area contributed by atoms with Gasteiger partial charge in [0, 0.05) is 25.3 Å². The maximum absolute atomic E-state index is 12.4. The molecule has 1 aliphatic rings. The number of hydrogen-bond acceptors (Lipinski definition) is 6. The first kappa shape index (κ1) is 17.5. The third-order valence-corrected chi connectivity index (χ3v) is 4.25. The lowest BCUT2D eigenvalue weighted by molar-refractivity contribution is -0.116. The summed E-state index contributed by atoms with van der Waals surface area (Å²) in [6, 6.07) is 12.7. The van der Waals surface area contributed by atoms with Crippen LogP contribution in [-0.2, 0) is 9.53 Å². The van der Waals surface area contributed by atoms with Gasteiger partial charge in [0.25, 0.3) is 0 Å². The second-order valence-electron chi connectivity index (χ2n) is 5.95. The van der Waals surface area contributed by atoms with E-state index in [0.717, 1.165) is 5.56 Å². The molecule has 1 aromatic heterocycles. The van der Waals surface area contributed by atoms with E-state index in [-0.39, 0.29) is 23.0 Å². The van der Waals surface area contributed by atoms with Crippen LogP contribution in [0, 0.1) is 0 Å². The second-order valence-corrected chi connectivity index (χ2v) is 5.95. The predicted molar refractivity (Wildman–Crippen MR) is 96.8 cm³/mol. The minimum atomic E-state index is -0.484. The van der Waals surface area contributed by atoms with Crippen molar-refractivity contribution in [3.63, 3.8) is 0 Å². The number of Topliss-reactive ketones (excluding diaryl/α,β-unsaturated/α-hetero) is 1. The molecule has 0 radical (unpaired) electrons.